The summed E-state index contributed by atoms with van der Waals surface area (Å²) < 4.78 is 5.45. The molecule has 4 aromatic rings. The van der Waals surface area contributed by atoms with Crippen molar-refractivity contribution in [3.05, 3.63) is 104 Å². The molecule has 43 heavy (non-hydrogen) atoms. The van der Waals surface area contributed by atoms with Crippen molar-refractivity contribution in [2.24, 2.45) is 0 Å². The van der Waals surface area contributed by atoms with Crippen LogP contribution >= 0.6 is 0 Å². The van der Waals surface area contributed by atoms with Crippen LogP contribution in [0.2, 0.25) is 0 Å². The lowest BCUT2D eigenvalue weighted by molar-refractivity contribution is -0.394. The van der Waals surface area contributed by atoms with Gasteiger partial charge in [0.05, 0.1) is 39.8 Å². The van der Waals surface area contributed by atoms with Crippen LogP contribution in [0.3, 0.4) is 0 Å². The molecule has 12 nitrogen and oxygen atoms in total. The van der Waals surface area contributed by atoms with Gasteiger partial charge < -0.3 is 19.9 Å². The van der Waals surface area contributed by atoms with E-state index in [2.05, 4.69) is 10.3 Å². The van der Waals surface area contributed by atoms with Gasteiger partial charge in [-0.2, -0.15) is 0 Å². The van der Waals surface area contributed by atoms with E-state index in [9.17, 15) is 25.0 Å². The number of aromatic nitrogens is 1. The SMILES string of the molecule is COc1cc(NC(C)CCCN(Cc2ccc(N(C)C)cc2)C(=O)c2cc([N+](=O)[O-])cc([N+](=O)[O-])c2)c2ncccc2c1. The van der Waals surface area contributed by atoms with E-state index in [1.165, 1.54) is 0 Å². The normalized spacial score (nSPS) is 11.5. The van der Waals surface area contributed by atoms with Crippen LogP contribution in [-0.2, 0) is 6.54 Å². The number of nitro benzene ring substituents is 2. The Morgan fingerprint density at radius 3 is 2.28 bits per heavy atom. The maximum atomic E-state index is 13.7. The number of rotatable bonds is 13. The van der Waals surface area contributed by atoms with Crippen LogP contribution in [0, 0.1) is 20.2 Å². The first-order valence-corrected chi connectivity index (χ1v) is 13.7. The van der Waals surface area contributed by atoms with Crippen LogP contribution in [0.4, 0.5) is 22.7 Å². The van der Waals surface area contributed by atoms with E-state index in [1.54, 1.807) is 18.2 Å². The number of ether oxygens (including phenoxy) is 1. The van der Waals surface area contributed by atoms with Gasteiger partial charge in [0, 0.05) is 68.7 Å². The van der Waals surface area contributed by atoms with E-state index >= 15 is 0 Å². The summed E-state index contributed by atoms with van der Waals surface area (Å²) in [5.74, 6) is 0.186. The second-order valence-electron chi connectivity index (χ2n) is 10.5. The van der Waals surface area contributed by atoms with Crippen LogP contribution in [-0.4, -0.2) is 59.4 Å². The summed E-state index contributed by atoms with van der Waals surface area (Å²) >= 11 is 0. The Morgan fingerprint density at radius 2 is 1.67 bits per heavy atom. The van der Waals surface area contributed by atoms with E-state index < -0.39 is 27.1 Å². The molecule has 4 rings (SSSR count). The standard InChI is InChI=1S/C31H34N6O6/c1-21(33-29-19-28(43-4)17-23-8-5-13-32-30(23)29)7-6-14-35(20-22-9-11-25(12-10-22)34(2)3)31(38)24-15-26(36(39)40)18-27(16-24)37(41)42/h5,8-13,15-19,21,33H,6-7,14,20H2,1-4H3. The highest BCUT2D eigenvalue weighted by molar-refractivity contribution is 5.95. The number of hydrogen-bond acceptors (Lipinski definition) is 9. The Morgan fingerprint density at radius 1 is 1.00 bits per heavy atom. The molecule has 1 heterocycles. The number of pyridine rings is 1. The fourth-order valence-corrected chi connectivity index (χ4v) is 4.80. The third-order valence-corrected chi connectivity index (χ3v) is 7.07. The second kappa shape index (κ2) is 13.6. The lowest BCUT2D eigenvalue weighted by Gasteiger charge is -2.25. The van der Waals surface area contributed by atoms with Gasteiger partial charge in [-0.05, 0) is 49.6 Å². The minimum atomic E-state index is -0.738. The Bertz CT molecular complexity index is 1590. The van der Waals surface area contributed by atoms with Gasteiger partial charge in [-0.25, -0.2) is 0 Å². The van der Waals surface area contributed by atoms with Gasteiger partial charge in [-0.15, -0.1) is 0 Å². The van der Waals surface area contributed by atoms with Crippen molar-refractivity contribution < 1.29 is 19.4 Å². The van der Waals surface area contributed by atoms with Gasteiger partial charge in [-0.3, -0.25) is 30.0 Å². The minimum Gasteiger partial charge on any atom is -0.497 e. The third kappa shape index (κ3) is 7.73. The number of benzene rings is 3. The van der Waals surface area contributed by atoms with E-state index in [4.69, 9.17) is 4.74 Å². The molecular formula is C31H34N6O6. The minimum absolute atomic E-state index is 0.00698. The molecule has 0 radical (unpaired) electrons. The maximum Gasteiger partial charge on any atom is 0.277 e. The number of methoxy groups -OCH3 is 1. The van der Waals surface area contributed by atoms with Gasteiger partial charge in [-0.1, -0.05) is 18.2 Å². The van der Waals surface area contributed by atoms with Crippen molar-refractivity contribution >= 4 is 39.6 Å². The summed E-state index contributed by atoms with van der Waals surface area (Å²) in [7, 11) is 5.47. The average Bonchev–Trinajstić information content (AvgIpc) is 3.00. The molecule has 224 valence electrons. The van der Waals surface area contributed by atoms with Crippen LogP contribution in [0.15, 0.2) is 72.9 Å². The van der Waals surface area contributed by atoms with Crippen LogP contribution in [0.25, 0.3) is 10.9 Å². The first-order chi connectivity index (χ1) is 20.5. The zero-order chi connectivity index (χ0) is 31.1. The number of non-ortho nitro benzene ring substituents is 2. The highest BCUT2D eigenvalue weighted by Crippen LogP contribution is 2.29. The van der Waals surface area contributed by atoms with E-state index in [1.807, 2.05) is 74.4 Å². The van der Waals surface area contributed by atoms with Gasteiger partial charge in [0.1, 0.15) is 5.75 Å². The molecular weight excluding hydrogens is 552 g/mol. The Labute approximate surface area is 249 Å². The number of nitro groups is 2. The Kier molecular flexibility index (Phi) is 9.71. The van der Waals surface area contributed by atoms with Gasteiger partial charge in [0.2, 0.25) is 0 Å². The molecule has 0 bridgehead atoms. The quantitative estimate of drug-likeness (QED) is 0.146. The molecule has 0 aliphatic carbocycles. The number of nitrogens with zero attached hydrogens (tertiary/aromatic N) is 5. The number of amides is 1. The average molecular weight is 587 g/mol. The number of nitrogens with one attached hydrogen (secondary N) is 1. The predicted octanol–water partition coefficient (Wildman–Crippen LogP) is 6.05. The fraction of sp³-hybridized carbons (Fsp3) is 0.290. The number of carbonyl (C=O) groups is 1. The number of anilines is 2. The van der Waals surface area contributed by atoms with Gasteiger partial charge in [0.25, 0.3) is 17.3 Å². The van der Waals surface area contributed by atoms with E-state index in [0.717, 1.165) is 46.0 Å². The zero-order valence-electron chi connectivity index (χ0n) is 24.5. The van der Waals surface area contributed by atoms with Crippen molar-refractivity contribution in [1.82, 2.24) is 9.88 Å². The summed E-state index contributed by atoms with van der Waals surface area (Å²) in [6, 6.07) is 18.4. The summed E-state index contributed by atoms with van der Waals surface area (Å²) in [6.07, 6.45) is 3.02. The largest absolute Gasteiger partial charge is 0.497 e. The highest BCUT2D eigenvalue weighted by atomic mass is 16.6. The highest BCUT2D eigenvalue weighted by Gasteiger charge is 2.24. The van der Waals surface area contributed by atoms with Crippen molar-refractivity contribution in [2.45, 2.75) is 32.4 Å². The first kappa shape index (κ1) is 30.7. The maximum absolute atomic E-state index is 13.7. The molecule has 1 atom stereocenters. The van der Waals surface area contributed by atoms with Crippen LogP contribution in [0.1, 0.15) is 35.7 Å². The molecule has 1 aromatic heterocycles. The van der Waals surface area contributed by atoms with Crippen molar-refractivity contribution in [1.29, 1.82) is 0 Å². The fourth-order valence-electron chi connectivity index (χ4n) is 4.80. The first-order valence-electron chi connectivity index (χ1n) is 13.7. The summed E-state index contributed by atoms with van der Waals surface area (Å²) in [4.78, 5) is 43.2. The van der Waals surface area contributed by atoms with Crippen molar-refractivity contribution in [2.75, 3.05) is 38.0 Å². The molecule has 1 amide bonds. The summed E-state index contributed by atoms with van der Waals surface area (Å²) in [5, 5.41) is 27.3. The molecule has 0 aliphatic rings. The molecule has 12 heteroatoms. The molecule has 0 saturated heterocycles. The third-order valence-electron chi connectivity index (χ3n) is 7.07. The van der Waals surface area contributed by atoms with Gasteiger partial charge >= 0.3 is 0 Å². The summed E-state index contributed by atoms with van der Waals surface area (Å²) in [5.41, 5.74) is 2.38. The molecule has 0 spiro atoms. The molecule has 0 aliphatic heterocycles. The van der Waals surface area contributed by atoms with Crippen molar-refractivity contribution in [3.63, 3.8) is 0 Å². The number of carbonyl (C=O) groups excluding carboxylic acids is 1. The predicted molar refractivity (Wildman–Crippen MR) is 166 cm³/mol. The number of fused-ring (bicyclic) bond motifs is 1. The second-order valence-corrected chi connectivity index (χ2v) is 10.5. The topological polar surface area (TPSA) is 144 Å². The lowest BCUT2D eigenvalue weighted by Crippen LogP contribution is -2.32. The lowest BCUT2D eigenvalue weighted by atomic mass is 10.1. The molecule has 0 saturated carbocycles. The molecule has 1 N–H and O–H groups in total. The van der Waals surface area contributed by atoms with Gasteiger partial charge in [0.15, 0.2) is 0 Å². The van der Waals surface area contributed by atoms with Crippen molar-refractivity contribution in [3.8, 4) is 5.75 Å². The molecule has 0 fully saturated rings. The number of hydrogen-bond donors (Lipinski definition) is 1. The summed E-state index contributed by atoms with van der Waals surface area (Å²) in [6.45, 7) is 2.59. The zero-order valence-corrected chi connectivity index (χ0v) is 24.5. The Balaban J connectivity index is 1.54. The van der Waals surface area contributed by atoms with Crippen LogP contribution < -0.4 is 15.0 Å². The van der Waals surface area contributed by atoms with E-state index in [0.29, 0.717) is 25.1 Å². The van der Waals surface area contributed by atoms with E-state index in [-0.39, 0.29) is 18.2 Å². The monoisotopic (exact) mass is 586 g/mol. The Hall–Kier alpha value is -5.26. The molecule has 1 unspecified atom stereocenters. The molecule has 3 aromatic carbocycles. The van der Waals surface area contributed by atoms with Crippen LogP contribution in [0.5, 0.6) is 5.75 Å². The smallest absolute Gasteiger partial charge is 0.277 e.